The number of likely N-dealkylation sites (tertiary alicyclic amines) is 1. The monoisotopic (exact) mass is 227 g/mol. The van der Waals surface area contributed by atoms with E-state index < -0.39 is 6.10 Å². The van der Waals surface area contributed by atoms with Crippen LogP contribution in [0.3, 0.4) is 0 Å². The molecule has 1 fully saturated rings. The van der Waals surface area contributed by atoms with E-state index in [9.17, 15) is 4.79 Å². The molecule has 16 heavy (non-hydrogen) atoms. The minimum atomic E-state index is -0.580. The Morgan fingerprint density at radius 3 is 2.56 bits per heavy atom. The predicted molar refractivity (Wildman–Crippen MR) is 62.4 cm³/mol. The highest BCUT2D eigenvalue weighted by molar-refractivity contribution is 5.77. The van der Waals surface area contributed by atoms with Gasteiger partial charge in [0.05, 0.1) is 18.4 Å². The van der Waals surface area contributed by atoms with E-state index >= 15 is 0 Å². The molecule has 1 aliphatic heterocycles. The maximum Gasteiger partial charge on any atom is 0.222 e. The van der Waals surface area contributed by atoms with Crippen molar-refractivity contribution in [1.29, 1.82) is 5.41 Å². The molecule has 0 aromatic carbocycles. The summed E-state index contributed by atoms with van der Waals surface area (Å²) in [6, 6.07) is 0.196. The maximum atomic E-state index is 11.4. The van der Waals surface area contributed by atoms with Crippen molar-refractivity contribution in [3.05, 3.63) is 0 Å². The molecule has 5 nitrogen and oxygen atoms in total. The number of amides is 1. The summed E-state index contributed by atoms with van der Waals surface area (Å²) >= 11 is 0. The van der Waals surface area contributed by atoms with E-state index in [2.05, 4.69) is 5.32 Å². The topological polar surface area (TPSA) is 76.4 Å². The number of carbonyl (C=O) groups is 1. The van der Waals surface area contributed by atoms with Gasteiger partial charge in [0.1, 0.15) is 0 Å². The van der Waals surface area contributed by atoms with Gasteiger partial charge in [-0.3, -0.25) is 10.2 Å². The summed E-state index contributed by atoms with van der Waals surface area (Å²) in [6.07, 6.45) is 1.34. The fraction of sp³-hybridized carbons (Fsp3) is 0.818. The molecule has 1 aliphatic rings. The Bertz CT molecular complexity index is 258. The van der Waals surface area contributed by atoms with Crippen molar-refractivity contribution in [1.82, 2.24) is 10.2 Å². The molecule has 92 valence electrons. The van der Waals surface area contributed by atoms with Gasteiger partial charge in [-0.2, -0.15) is 0 Å². The Morgan fingerprint density at radius 2 is 2.12 bits per heavy atom. The van der Waals surface area contributed by atoms with Crippen molar-refractivity contribution in [3.63, 3.8) is 0 Å². The summed E-state index contributed by atoms with van der Waals surface area (Å²) in [7, 11) is 0. The van der Waals surface area contributed by atoms with E-state index in [0.717, 1.165) is 25.9 Å². The van der Waals surface area contributed by atoms with Crippen LogP contribution < -0.4 is 5.32 Å². The number of rotatable bonds is 3. The van der Waals surface area contributed by atoms with Crippen molar-refractivity contribution >= 4 is 11.7 Å². The average molecular weight is 227 g/mol. The standard InChI is InChI=1S/C11H21N3O2/c1-8(15)7-11(16)13-10-3-5-14(6-4-10)9(2)12/h8,10,12,15H,3-7H2,1-2H3,(H,13,16). The normalized spacial score (nSPS) is 19.3. The zero-order valence-corrected chi connectivity index (χ0v) is 9.99. The van der Waals surface area contributed by atoms with Gasteiger partial charge in [-0.15, -0.1) is 0 Å². The van der Waals surface area contributed by atoms with Crippen LogP contribution in [0.2, 0.25) is 0 Å². The predicted octanol–water partition coefficient (Wildman–Crippen LogP) is 0.335. The Labute approximate surface area is 96.3 Å². The molecule has 1 heterocycles. The SMILES string of the molecule is CC(=N)N1CCC(NC(=O)CC(C)O)CC1. The van der Waals surface area contributed by atoms with E-state index in [0.29, 0.717) is 5.84 Å². The van der Waals surface area contributed by atoms with Gasteiger partial charge < -0.3 is 15.3 Å². The van der Waals surface area contributed by atoms with Crippen molar-refractivity contribution in [3.8, 4) is 0 Å². The summed E-state index contributed by atoms with van der Waals surface area (Å²) in [4.78, 5) is 13.4. The lowest BCUT2D eigenvalue weighted by Crippen LogP contribution is -2.46. The Balaban J connectivity index is 2.26. The number of nitrogens with zero attached hydrogens (tertiary/aromatic N) is 1. The zero-order chi connectivity index (χ0) is 12.1. The van der Waals surface area contributed by atoms with Crippen LogP contribution in [0.25, 0.3) is 0 Å². The lowest BCUT2D eigenvalue weighted by Gasteiger charge is -2.33. The lowest BCUT2D eigenvalue weighted by molar-refractivity contribution is -0.123. The molecule has 1 atom stereocenters. The Morgan fingerprint density at radius 1 is 1.56 bits per heavy atom. The van der Waals surface area contributed by atoms with Crippen LogP contribution >= 0.6 is 0 Å². The first-order chi connectivity index (χ1) is 7.49. The first kappa shape index (κ1) is 13.0. The maximum absolute atomic E-state index is 11.4. The average Bonchev–Trinajstić information content (AvgIpc) is 2.16. The Hall–Kier alpha value is -1.10. The Kier molecular flexibility index (Phi) is 4.73. The molecule has 0 aromatic rings. The van der Waals surface area contributed by atoms with Crippen LogP contribution in [0.5, 0.6) is 0 Å². The molecule has 3 N–H and O–H groups in total. The van der Waals surface area contributed by atoms with E-state index in [4.69, 9.17) is 10.5 Å². The van der Waals surface area contributed by atoms with Crippen LogP contribution in [0.15, 0.2) is 0 Å². The molecule has 0 spiro atoms. The molecule has 0 radical (unpaired) electrons. The molecule has 1 rings (SSSR count). The molecule has 1 saturated heterocycles. The number of aliphatic hydroxyl groups excluding tert-OH is 1. The zero-order valence-electron chi connectivity index (χ0n) is 9.99. The number of nitrogens with one attached hydrogen (secondary N) is 2. The van der Waals surface area contributed by atoms with Crippen molar-refractivity contribution in [2.24, 2.45) is 0 Å². The van der Waals surface area contributed by atoms with Gasteiger partial charge >= 0.3 is 0 Å². The van der Waals surface area contributed by atoms with Gasteiger partial charge in [0.25, 0.3) is 0 Å². The van der Waals surface area contributed by atoms with Crippen molar-refractivity contribution in [2.45, 2.75) is 45.3 Å². The molecule has 1 amide bonds. The van der Waals surface area contributed by atoms with Gasteiger partial charge in [-0.05, 0) is 26.7 Å². The first-order valence-electron chi connectivity index (χ1n) is 5.76. The molecule has 0 bridgehead atoms. The van der Waals surface area contributed by atoms with Crippen molar-refractivity contribution in [2.75, 3.05) is 13.1 Å². The number of hydrogen-bond acceptors (Lipinski definition) is 3. The van der Waals surface area contributed by atoms with E-state index in [1.54, 1.807) is 13.8 Å². The van der Waals surface area contributed by atoms with Gasteiger partial charge in [-0.1, -0.05) is 0 Å². The lowest BCUT2D eigenvalue weighted by atomic mass is 10.0. The highest BCUT2D eigenvalue weighted by Crippen LogP contribution is 2.10. The number of carbonyl (C=O) groups excluding carboxylic acids is 1. The smallest absolute Gasteiger partial charge is 0.222 e. The van der Waals surface area contributed by atoms with Crippen LogP contribution in [0.4, 0.5) is 0 Å². The van der Waals surface area contributed by atoms with E-state index in [1.807, 2.05) is 4.90 Å². The summed E-state index contributed by atoms with van der Waals surface area (Å²) in [5, 5.41) is 19.5. The number of aliphatic hydroxyl groups is 1. The van der Waals surface area contributed by atoms with Gasteiger partial charge in [0.15, 0.2) is 0 Å². The minimum absolute atomic E-state index is 0.0833. The first-order valence-corrected chi connectivity index (χ1v) is 5.76. The number of amidine groups is 1. The third kappa shape index (κ3) is 4.18. The second kappa shape index (κ2) is 5.84. The summed E-state index contributed by atoms with van der Waals surface area (Å²) in [5.74, 6) is 0.508. The van der Waals surface area contributed by atoms with Gasteiger partial charge in [0, 0.05) is 19.1 Å². The fourth-order valence-electron chi connectivity index (χ4n) is 1.91. The largest absolute Gasteiger partial charge is 0.393 e. The highest BCUT2D eigenvalue weighted by atomic mass is 16.3. The second-order valence-electron chi connectivity index (χ2n) is 4.47. The van der Waals surface area contributed by atoms with Crippen LogP contribution in [0, 0.1) is 5.41 Å². The van der Waals surface area contributed by atoms with Gasteiger partial charge in [-0.25, -0.2) is 0 Å². The molecule has 0 aliphatic carbocycles. The molecule has 0 aromatic heterocycles. The van der Waals surface area contributed by atoms with Crippen LogP contribution in [-0.4, -0.2) is 47.0 Å². The van der Waals surface area contributed by atoms with Gasteiger partial charge in [0.2, 0.25) is 5.91 Å². The summed E-state index contributed by atoms with van der Waals surface area (Å²) in [6.45, 7) is 5.05. The van der Waals surface area contributed by atoms with Crippen molar-refractivity contribution < 1.29 is 9.90 Å². The molecular formula is C11H21N3O2. The highest BCUT2D eigenvalue weighted by Gasteiger charge is 2.20. The summed E-state index contributed by atoms with van der Waals surface area (Å²) < 4.78 is 0. The fourth-order valence-corrected chi connectivity index (χ4v) is 1.91. The minimum Gasteiger partial charge on any atom is -0.393 e. The molecule has 5 heteroatoms. The number of piperidine rings is 1. The molecule has 0 saturated carbocycles. The summed E-state index contributed by atoms with van der Waals surface area (Å²) in [5.41, 5.74) is 0. The quantitative estimate of drug-likeness (QED) is 0.480. The van der Waals surface area contributed by atoms with Crippen LogP contribution in [-0.2, 0) is 4.79 Å². The number of hydrogen-bond donors (Lipinski definition) is 3. The van der Waals surface area contributed by atoms with E-state index in [-0.39, 0.29) is 18.4 Å². The third-order valence-corrected chi connectivity index (χ3v) is 2.82. The third-order valence-electron chi connectivity index (χ3n) is 2.82. The second-order valence-corrected chi connectivity index (χ2v) is 4.47. The van der Waals surface area contributed by atoms with E-state index in [1.165, 1.54) is 0 Å². The van der Waals surface area contributed by atoms with Crippen LogP contribution in [0.1, 0.15) is 33.1 Å². The molecule has 1 unspecified atom stereocenters. The molecular weight excluding hydrogens is 206 g/mol.